The average molecular weight is 264 g/mol. The van der Waals surface area contributed by atoms with E-state index < -0.39 is 0 Å². The van der Waals surface area contributed by atoms with Crippen molar-refractivity contribution in [2.75, 3.05) is 5.73 Å². The summed E-state index contributed by atoms with van der Waals surface area (Å²) >= 11 is 0. The molecule has 100 valence electrons. The van der Waals surface area contributed by atoms with Crippen LogP contribution in [0.25, 0.3) is 10.9 Å². The molecule has 0 aliphatic carbocycles. The number of hydrogen-bond acceptors (Lipinski definition) is 3. The number of benzene rings is 2. The molecule has 3 aromatic rings. The SMILES string of the molecule is Cc1ccc(Oc2ccc(N)c3ncccc23)cc1C. The maximum Gasteiger partial charge on any atom is 0.136 e. The molecule has 0 spiro atoms. The van der Waals surface area contributed by atoms with Crippen molar-refractivity contribution in [2.24, 2.45) is 0 Å². The monoisotopic (exact) mass is 264 g/mol. The van der Waals surface area contributed by atoms with Crippen LogP contribution in [0, 0.1) is 13.8 Å². The first-order valence-corrected chi connectivity index (χ1v) is 6.53. The van der Waals surface area contributed by atoms with Crippen molar-refractivity contribution in [1.82, 2.24) is 4.98 Å². The molecule has 0 amide bonds. The zero-order chi connectivity index (χ0) is 14.1. The molecule has 2 aromatic carbocycles. The highest BCUT2D eigenvalue weighted by Gasteiger charge is 2.07. The summed E-state index contributed by atoms with van der Waals surface area (Å²) in [6.45, 7) is 4.16. The van der Waals surface area contributed by atoms with Crippen LogP contribution >= 0.6 is 0 Å². The molecule has 0 saturated carbocycles. The number of nitrogens with two attached hydrogens (primary N) is 1. The number of aromatic nitrogens is 1. The van der Waals surface area contributed by atoms with Crippen LogP contribution in [0.15, 0.2) is 48.7 Å². The van der Waals surface area contributed by atoms with E-state index in [1.807, 2.05) is 36.4 Å². The Morgan fingerprint density at radius 3 is 2.65 bits per heavy atom. The third-order valence-corrected chi connectivity index (χ3v) is 3.47. The number of rotatable bonds is 2. The van der Waals surface area contributed by atoms with Crippen molar-refractivity contribution in [2.45, 2.75) is 13.8 Å². The van der Waals surface area contributed by atoms with Gasteiger partial charge in [-0.2, -0.15) is 0 Å². The highest BCUT2D eigenvalue weighted by molar-refractivity contribution is 5.93. The Hall–Kier alpha value is -2.55. The average Bonchev–Trinajstić information content (AvgIpc) is 2.46. The Kier molecular flexibility index (Phi) is 3.03. The molecule has 0 aliphatic heterocycles. The molecule has 0 radical (unpaired) electrons. The molecule has 0 atom stereocenters. The summed E-state index contributed by atoms with van der Waals surface area (Å²) in [5.41, 5.74) is 9.84. The van der Waals surface area contributed by atoms with E-state index in [1.54, 1.807) is 6.20 Å². The molecule has 2 N–H and O–H groups in total. The van der Waals surface area contributed by atoms with Gasteiger partial charge in [-0.25, -0.2) is 0 Å². The van der Waals surface area contributed by atoms with Crippen molar-refractivity contribution >= 4 is 16.6 Å². The number of ether oxygens (including phenoxy) is 1. The highest BCUT2D eigenvalue weighted by atomic mass is 16.5. The Morgan fingerprint density at radius 2 is 1.85 bits per heavy atom. The first kappa shape index (κ1) is 12.5. The van der Waals surface area contributed by atoms with Gasteiger partial charge in [0.1, 0.15) is 11.5 Å². The molecule has 0 aliphatic rings. The molecule has 1 heterocycles. The van der Waals surface area contributed by atoms with Crippen LogP contribution in [0.3, 0.4) is 0 Å². The zero-order valence-corrected chi connectivity index (χ0v) is 11.6. The molecule has 0 unspecified atom stereocenters. The van der Waals surface area contributed by atoms with Crippen molar-refractivity contribution in [3.05, 3.63) is 59.8 Å². The predicted molar refractivity (Wildman–Crippen MR) is 82.1 cm³/mol. The van der Waals surface area contributed by atoms with Crippen LogP contribution in [0.4, 0.5) is 5.69 Å². The van der Waals surface area contributed by atoms with Crippen LogP contribution in [-0.4, -0.2) is 4.98 Å². The third-order valence-electron chi connectivity index (χ3n) is 3.47. The van der Waals surface area contributed by atoms with E-state index in [9.17, 15) is 0 Å². The van der Waals surface area contributed by atoms with Crippen molar-refractivity contribution in [3.8, 4) is 11.5 Å². The summed E-state index contributed by atoms with van der Waals surface area (Å²) < 4.78 is 5.99. The quantitative estimate of drug-likeness (QED) is 0.705. The van der Waals surface area contributed by atoms with Gasteiger partial charge >= 0.3 is 0 Å². The number of pyridine rings is 1. The Balaban J connectivity index is 2.06. The first-order valence-electron chi connectivity index (χ1n) is 6.53. The van der Waals surface area contributed by atoms with Crippen LogP contribution in [-0.2, 0) is 0 Å². The molecule has 3 rings (SSSR count). The predicted octanol–water partition coefficient (Wildman–Crippen LogP) is 4.23. The van der Waals surface area contributed by atoms with Gasteiger partial charge in [0.05, 0.1) is 11.2 Å². The first-order chi connectivity index (χ1) is 9.65. The number of fused-ring (bicyclic) bond motifs is 1. The van der Waals surface area contributed by atoms with Gasteiger partial charge in [0.2, 0.25) is 0 Å². The normalized spacial score (nSPS) is 10.7. The summed E-state index contributed by atoms with van der Waals surface area (Å²) in [5, 5.41) is 0.922. The highest BCUT2D eigenvalue weighted by Crippen LogP contribution is 2.32. The van der Waals surface area contributed by atoms with E-state index in [0.29, 0.717) is 5.69 Å². The molecular formula is C17H16N2O. The van der Waals surface area contributed by atoms with Gasteiger partial charge in [-0.05, 0) is 61.4 Å². The summed E-state index contributed by atoms with van der Waals surface area (Å²) in [5.74, 6) is 1.59. The largest absolute Gasteiger partial charge is 0.457 e. The standard InChI is InChI=1S/C17H16N2O/c1-11-5-6-13(10-12(11)2)20-16-8-7-15(18)17-14(16)4-3-9-19-17/h3-10H,18H2,1-2H3. The lowest BCUT2D eigenvalue weighted by atomic mass is 10.1. The number of anilines is 1. The lowest BCUT2D eigenvalue weighted by molar-refractivity contribution is 0.487. The molecule has 1 aromatic heterocycles. The van der Waals surface area contributed by atoms with Gasteiger partial charge in [0.15, 0.2) is 0 Å². The molecule has 0 fully saturated rings. The molecular weight excluding hydrogens is 248 g/mol. The van der Waals surface area contributed by atoms with Crippen molar-refractivity contribution in [3.63, 3.8) is 0 Å². The number of hydrogen-bond donors (Lipinski definition) is 1. The van der Waals surface area contributed by atoms with Crippen molar-refractivity contribution in [1.29, 1.82) is 0 Å². The maximum absolute atomic E-state index is 5.99. The van der Waals surface area contributed by atoms with E-state index in [2.05, 4.69) is 24.9 Å². The third kappa shape index (κ3) is 2.18. The summed E-state index contributed by atoms with van der Waals surface area (Å²) in [6, 6.07) is 13.6. The second-order valence-electron chi connectivity index (χ2n) is 4.90. The fourth-order valence-corrected chi connectivity index (χ4v) is 2.16. The van der Waals surface area contributed by atoms with E-state index in [0.717, 1.165) is 22.4 Å². The fraction of sp³-hybridized carbons (Fsp3) is 0.118. The summed E-state index contributed by atoms with van der Waals surface area (Å²) in [7, 11) is 0. The van der Waals surface area contributed by atoms with Gasteiger partial charge in [0.25, 0.3) is 0 Å². The van der Waals surface area contributed by atoms with E-state index in [-0.39, 0.29) is 0 Å². The Morgan fingerprint density at radius 1 is 1.00 bits per heavy atom. The second kappa shape index (κ2) is 4.85. The van der Waals surface area contributed by atoms with Crippen LogP contribution in [0.2, 0.25) is 0 Å². The Labute approximate surface area is 118 Å². The van der Waals surface area contributed by atoms with E-state index in [1.165, 1.54) is 11.1 Å². The van der Waals surface area contributed by atoms with Gasteiger partial charge in [0, 0.05) is 11.6 Å². The zero-order valence-electron chi connectivity index (χ0n) is 11.6. The number of nitrogens with zero attached hydrogens (tertiary/aromatic N) is 1. The molecule has 0 bridgehead atoms. The van der Waals surface area contributed by atoms with Gasteiger partial charge in [-0.15, -0.1) is 0 Å². The second-order valence-corrected chi connectivity index (χ2v) is 4.90. The molecule has 3 heteroatoms. The van der Waals surface area contributed by atoms with Gasteiger partial charge in [-0.3, -0.25) is 4.98 Å². The van der Waals surface area contributed by atoms with E-state index in [4.69, 9.17) is 10.5 Å². The summed E-state index contributed by atoms with van der Waals surface area (Å²) in [4.78, 5) is 4.31. The van der Waals surface area contributed by atoms with Crippen LogP contribution in [0.5, 0.6) is 11.5 Å². The van der Waals surface area contributed by atoms with Gasteiger partial charge < -0.3 is 10.5 Å². The Bertz CT molecular complexity index is 781. The summed E-state index contributed by atoms with van der Waals surface area (Å²) in [6.07, 6.45) is 1.73. The molecule has 3 nitrogen and oxygen atoms in total. The number of aryl methyl sites for hydroxylation is 2. The molecule has 0 saturated heterocycles. The minimum atomic E-state index is 0.660. The smallest absolute Gasteiger partial charge is 0.136 e. The van der Waals surface area contributed by atoms with E-state index >= 15 is 0 Å². The van der Waals surface area contributed by atoms with Crippen molar-refractivity contribution < 1.29 is 4.74 Å². The van der Waals surface area contributed by atoms with Gasteiger partial charge in [-0.1, -0.05) is 6.07 Å². The lowest BCUT2D eigenvalue weighted by Gasteiger charge is -2.11. The van der Waals surface area contributed by atoms with Crippen LogP contribution < -0.4 is 10.5 Å². The minimum absolute atomic E-state index is 0.660. The maximum atomic E-state index is 5.99. The fourth-order valence-electron chi connectivity index (χ4n) is 2.16. The molecule has 20 heavy (non-hydrogen) atoms. The lowest BCUT2D eigenvalue weighted by Crippen LogP contribution is -1.93. The minimum Gasteiger partial charge on any atom is -0.457 e. The topological polar surface area (TPSA) is 48.1 Å². The van der Waals surface area contributed by atoms with Crippen LogP contribution in [0.1, 0.15) is 11.1 Å². The number of nitrogen functional groups attached to an aromatic ring is 1.